The van der Waals surface area contributed by atoms with E-state index >= 15 is 0 Å². The molecule has 0 saturated carbocycles. The molecule has 0 aliphatic carbocycles. The average molecular weight is 287 g/mol. The van der Waals surface area contributed by atoms with Crippen molar-refractivity contribution in [1.29, 1.82) is 0 Å². The SMILES string of the molecule is CC(CC(=O)c1occc1Br)CC(C)(C)C. The van der Waals surface area contributed by atoms with Gasteiger partial charge < -0.3 is 4.42 Å². The molecule has 0 spiro atoms. The van der Waals surface area contributed by atoms with Gasteiger partial charge in [-0.05, 0) is 39.8 Å². The number of hydrogen-bond acceptors (Lipinski definition) is 2. The minimum Gasteiger partial charge on any atom is -0.460 e. The smallest absolute Gasteiger partial charge is 0.199 e. The molecule has 0 amide bonds. The zero-order valence-corrected chi connectivity index (χ0v) is 11.9. The van der Waals surface area contributed by atoms with E-state index < -0.39 is 0 Å². The highest BCUT2D eigenvalue weighted by molar-refractivity contribution is 9.10. The number of carbonyl (C=O) groups is 1. The van der Waals surface area contributed by atoms with Crippen LogP contribution < -0.4 is 0 Å². The molecule has 1 aromatic rings. The largest absolute Gasteiger partial charge is 0.460 e. The summed E-state index contributed by atoms with van der Waals surface area (Å²) in [7, 11) is 0. The minimum atomic E-state index is 0.0774. The molecule has 16 heavy (non-hydrogen) atoms. The van der Waals surface area contributed by atoms with Crippen molar-refractivity contribution in [2.45, 2.75) is 40.5 Å². The van der Waals surface area contributed by atoms with Gasteiger partial charge in [0.15, 0.2) is 11.5 Å². The fourth-order valence-corrected chi connectivity index (χ4v) is 2.44. The number of carbonyl (C=O) groups excluding carboxylic acids is 1. The molecule has 90 valence electrons. The van der Waals surface area contributed by atoms with Crippen molar-refractivity contribution in [3.63, 3.8) is 0 Å². The van der Waals surface area contributed by atoms with Gasteiger partial charge in [-0.25, -0.2) is 0 Å². The standard InChI is InChI=1S/C13H19BrO2/c1-9(8-13(2,3)4)7-11(15)12-10(14)5-6-16-12/h5-6,9H,7-8H2,1-4H3. The van der Waals surface area contributed by atoms with Crippen molar-refractivity contribution < 1.29 is 9.21 Å². The number of hydrogen-bond donors (Lipinski definition) is 0. The second-order valence-electron chi connectivity index (χ2n) is 5.59. The molecule has 0 fully saturated rings. The lowest BCUT2D eigenvalue weighted by atomic mass is 9.83. The van der Waals surface area contributed by atoms with Gasteiger partial charge >= 0.3 is 0 Å². The number of halogens is 1. The quantitative estimate of drug-likeness (QED) is 0.752. The molecule has 0 aliphatic heterocycles. The number of furan rings is 1. The summed E-state index contributed by atoms with van der Waals surface area (Å²) >= 11 is 3.30. The molecular formula is C13H19BrO2. The maximum Gasteiger partial charge on any atom is 0.199 e. The number of rotatable bonds is 4. The third-order valence-electron chi connectivity index (χ3n) is 2.37. The van der Waals surface area contributed by atoms with E-state index in [1.165, 1.54) is 6.26 Å². The lowest BCUT2D eigenvalue weighted by Gasteiger charge is -2.22. The van der Waals surface area contributed by atoms with Crippen LogP contribution in [0.2, 0.25) is 0 Å². The van der Waals surface area contributed by atoms with Crippen LogP contribution in [0.5, 0.6) is 0 Å². The van der Waals surface area contributed by atoms with Crippen molar-refractivity contribution in [3.05, 3.63) is 22.6 Å². The van der Waals surface area contributed by atoms with Crippen molar-refractivity contribution in [3.8, 4) is 0 Å². The molecule has 0 aromatic carbocycles. The van der Waals surface area contributed by atoms with Gasteiger partial charge in [-0.15, -0.1) is 0 Å². The van der Waals surface area contributed by atoms with Gasteiger partial charge in [0, 0.05) is 6.42 Å². The third kappa shape index (κ3) is 4.12. The molecule has 0 radical (unpaired) electrons. The van der Waals surface area contributed by atoms with Crippen molar-refractivity contribution in [1.82, 2.24) is 0 Å². The zero-order valence-electron chi connectivity index (χ0n) is 10.3. The first kappa shape index (κ1) is 13.5. The Kier molecular flexibility index (Phi) is 4.36. The van der Waals surface area contributed by atoms with Crippen LogP contribution in [-0.4, -0.2) is 5.78 Å². The van der Waals surface area contributed by atoms with E-state index in [2.05, 4.69) is 43.6 Å². The summed E-state index contributed by atoms with van der Waals surface area (Å²) in [6.07, 6.45) is 3.12. The summed E-state index contributed by atoms with van der Waals surface area (Å²) in [5.41, 5.74) is 0.264. The fraction of sp³-hybridized carbons (Fsp3) is 0.615. The first-order valence-electron chi connectivity index (χ1n) is 5.56. The van der Waals surface area contributed by atoms with E-state index in [1.807, 2.05) is 0 Å². The Morgan fingerprint density at radius 2 is 2.12 bits per heavy atom. The third-order valence-corrected chi connectivity index (χ3v) is 2.99. The van der Waals surface area contributed by atoms with Crippen molar-refractivity contribution in [2.75, 3.05) is 0 Å². The Balaban J connectivity index is 2.56. The molecule has 2 nitrogen and oxygen atoms in total. The summed E-state index contributed by atoms with van der Waals surface area (Å²) in [4.78, 5) is 11.9. The van der Waals surface area contributed by atoms with Gasteiger partial charge in [0.25, 0.3) is 0 Å². The van der Waals surface area contributed by atoms with Gasteiger partial charge in [-0.3, -0.25) is 4.79 Å². The van der Waals surface area contributed by atoms with Crippen LogP contribution in [0.25, 0.3) is 0 Å². The van der Waals surface area contributed by atoms with Crippen LogP contribution in [0.1, 0.15) is 51.1 Å². The van der Waals surface area contributed by atoms with Gasteiger partial charge in [0.2, 0.25) is 0 Å². The van der Waals surface area contributed by atoms with Crippen molar-refractivity contribution >= 4 is 21.7 Å². The van der Waals surface area contributed by atoms with Crippen LogP contribution in [0.15, 0.2) is 21.2 Å². The van der Waals surface area contributed by atoms with Gasteiger partial charge in [-0.1, -0.05) is 27.7 Å². The topological polar surface area (TPSA) is 30.2 Å². The monoisotopic (exact) mass is 286 g/mol. The van der Waals surface area contributed by atoms with E-state index in [1.54, 1.807) is 6.07 Å². The molecule has 0 saturated heterocycles. The molecule has 1 unspecified atom stereocenters. The maximum absolute atomic E-state index is 11.9. The van der Waals surface area contributed by atoms with Crippen LogP contribution in [0.3, 0.4) is 0 Å². The van der Waals surface area contributed by atoms with E-state index in [0.717, 1.165) is 10.9 Å². The Labute approximate surface area is 106 Å². The second-order valence-corrected chi connectivity index (χ2v) is 6.45. The number of Topliss-reactive ketones (excluding diaryl/α,β-unsaturated/α-hetero) is 1. The highest BCUT2D eigenvalue weighted by Crippen LogP contribution is 2.28. The first-order chi connectivity index (χ1) is 7.29. The highest BCUT2D eigenvalue weighted by Gasteiger charge is 2.21. The van der Waals surface area contributed by atoms with Crippen LogP contribution in [0.4, 0.5) is 0 Å². The zero-order chi connectivity index (χ0) is 12.3. The van der Waals surface area contributed by atoms with Crippen LogP contribution in [-0.2, 0) is 0 Å². The molecule has 0 N–H and O–H groups in total. The lowest BCUT2D eigenvalue weighted by molar-refractivity contribution is 0.0926. The molecular weight excluding hydrogens is 268 g/mol. The predicted octanol–water partition coefficient (Wildman–Crippen LogP) is 4.69. The van der Waals surface area contributed by atoms with E-state index in [9.17, 15) is 4.79 Å². The Morgan fingerprint density at radius 3 is 2.56 bits per heavy atom. The summed E-state index contributed by atoms with van der Waals surface area (Å²) < 4.78 is 5.91. The Bertz CT molecular complexity index is 360. The van der Waals surface area contributed by atoms with Gasteiger partial charge in [0.1, 0.15) is 0 Å². The normalized spacial score (nSPS) is 13.8. The lowest BCUT2D eigenvalue weighted by Crippen LogP contribution is -2.14. The average Bonchev–Trinajstić information content (AvgIpc) is 2.47. The van der Waals surface area contributed by atoms with Crippen molar-refractivity contribution in [2.24, 2.45) is 11.3 Å². The van der Waals surface area contributed by atoms with Gasteiger partial charge in [0.05, 0.1) is 10.7 Å². The first-order valence-corrected chi connectivity index (χ1v) is 6.35. The Hall–Kier alpha value is -0.570. The fourth-order valence-electron chi connectivity index (χ4n) is 2.02. The van der Waals surface area contributed by atoms with E-state index in [-0.39, 0.29) is 11.2 Å². The molecule has 1 heterocycles. The summed E-state index contributed by atoms with van der Waals surface area (Å²) in [5.74, 6) is 0.902. The van der Waals surface area contributed by atoms with E-state index in [0.29, 0.717) is 18.1 Å². The summed E-state index contributed by atoms with van der Waals surface area (Å²) in [6, 6.07) is 1.75. The second kappa shape index (κ2) is 5.17. The van der Waals surface area contributed by atoms with Gasteiger partial charge in [-0.2, -0.15) is 0 Å². The molecule has 1 aromatic heterocycles. The van der Waals surface area contributed by atoms with Crippen LogP contribution >= 0.6 is 15.9 Å². The summed E-state index contributed by atoms with van der Waals surface area (Å²) in [6.45, 7) is 8.68. The number of ketones is 1. The molecule has 3 heteroatoms. The Morgan fingerprint density at radius 1 is 1.50 bits per heavy atom. The summed E-state index contributed by atoms with van der Waals surface area (Å²) in [5, 5.41) is 0. The van der Waals surface area contributed by atoms with E-state index in [4.69, 9.17) is 4.42 Å². The molecule has 1 rings (SSSR count). The maximum atomic E-state index is 11.9. The minimum absolute atomic E-state index is 0.0774. The molecule has 0 bridgehead atoms. The predicted molar refractivity (Wildman–Crippen MR) is 68.6 cm³/mol. The molecule has 0 aliphatic rings. The highest BCUT2D eigenvalue weighted by atomic mass is 79.9. The van der Waals surface area contributed by atoms with Crippen LogP contribution in [0, 0.1) is 11.3 Å². The molecule has 1 atom stereocenters.